The van der Waals surface area contributed by atoms with Crippen LogP contribution < -0.4 is 5.73 Å². The van der Waals surface area contributed by atoms with Gasteiger partial charge in [0, 0.05) is 38.4 Å². The molecule has 3 heteroatoms. The summed E-state index contributed by atoms with van der Waals surface area (Å²) in [5.74, 6) is 0.953. The second-order valence-electron chi connectivity index (χ2n) is 5.77. The van der Waals surface area contributed by atoms with Crippen LogP contribution in [-0.4, -0.2) is 43.3 Å². The minimum Gasteiger partial charge on any atom is -0.385 e. The van der Waals surface area contributed by atoms with E-state index in [9.17, 15) is 0 Å². The minimum absolute atomic E-state index is 0.153. The van der Waals surface area contributed by atoms with Gasteiger partial charge in [0.2, 0.25) is 0 Å². The molecular weight excluding hydrogens is 200 g/mol. The predicted molar refractivity (Wildman–Crippen MR) is 66.4 cm³/mol. The molecule has 0 radical (unpaired) electrons. The molecule has 0 aromatic carbocycles. The van der Waals surface area contributed by atoms with Crippen molar-refractivity contribution >= 4 is 0 Å². The Morgan fingerprint density at radius 1 is 1.31 bits per heavy atom. The third-order valence-electron chi connectivity index (χ3n) is 4.12. The van der Waals surface area contributed by atoms with Crippen LogP contribution in [0, 0.1) is 5.92 Å². The van der Waals surface area contributed by atoms with Gasteiger partial charge in [-0.15, -0.1) is 0 Å². The molecule has 2 aliphatic rings. The van der Waals surface area contributed by atoms with Gasteiger partial charge in [0.25, 0.3) is 0 Å². The quantitative estimate of drug-likeness (QED) is 0.683. The zero-order valence-corrected chi connectivity index (χ0v) is 10.7. The number of rotatable bonds is 8. The summed E-state index contributed by atoms with van der Waals surface area (Å²) >= 11 is 0. The Balaban J connectivity index is 1.95. The first-order valence-corrected chi connectivity index (χ1v) is 6.65. The lowest BCUT2D eigenvalue weighted by Crippen LogP contribution is -2.54. The minimum atomic E-state index is 0.153. The number of nitrogens with two attached hydrogens (primary N) is 1. The van der Waals surface area contributed by atoms with E-state index in [1.165, 1.54) is 32.2 Å². The van der Waals surface area contributed by atoms with E-state index in [4.69, 9.17) is 10.5 Å². The van der Waals surface area contributed by atoms with Crippen LogP contribution in [0.4, 0.5) is 0 Å². The molecule has 2 N–H and O–H groups in total. The van der Waals surface area contributed by atoms with Crippen molar-refractivity contribution in [2.45, 2.75) is 50.6 Å². The smallest absolute Gasteiger partial charge is 0.0480 e. The molecule has 1 unspecified atom stereocenters. The van der Waals surface area contributed by atoms with E-state index >= 15 is 0 Å². The number of nitrogens with zero attached hydrogens (tertiary/aromatic N) is 1. The van der Waals surface area contributed by atoms with Gasteiger partial charge < -0.3 is 10.5 Å². The maximum absolute atomic E-state index is 6.01. The molecule has 0 aromatic rings. The van der Waals surface area contributed by atoms with Crippen LogP contribution in [0.25, 0.3) is 0 Å². The van der Waals surface area contributed by atoms with E-state index in [0.717, 1.165) is 31.5 Å². The van der Waals surface area contributed by atoms with E-state index in [2.05, 4.69) is 11.8 Å². The largest absolute Gasteiger partial charge is 0.385 e. The number of hydrogen-bond donors (Lipinski definition) is 1. The van der Waals surface area contributed by atoms with Gasteiger partial charge in [-0.1, -0.05) is 0 Å². The summed E-state index contributed by atoms with van der Waals surface area (Å²) in [5.41, 5.74) is 6.17. The van der Waals surface area contributed by atoms with Crippen molar-refractivity contribution in [2.75, 3.05) is 26.8 Å². The summed E-state index contributed by atoms with van der Waals surface area (Å²) in [6.45, 7) is 5.15. The van der Waals surface area contributed by atoms with Gasteiger partial charge in [-0.3, -0.25) is 4.90 Å². The van der Waals surface area contributed by atoms with Crippen molar-refractivity contribution in [3.8, 4) is 0 Å². The molecule has 0 aromatic heterocycles. The van der Waals surface area contributed by atoms with Crippen LogP contribution in [-0.2, 0) is 4.74 Å². The van der Waals surface area contributed by atoms with Crippen molar-refractivity contribution < 1.29 is 4.74 Å². The summed E-state index contributed by atoms with van der Waals surface area (Å²) in [6.07, 6.45) is 6.65. The molecule has 0 spiro atoms. The van der Waals surface area contributed by atoms with Crippen LogP contribution in [0.5, 0.6) is 0 Å². The molecule has 2 rings (SSSR count). The van der Waals surface area contributed by atoms with E-state index in [1.54, 1.807) is 7.11 Å². The van der Waals surface area contributed by atoms with Crippen LogP contribution >= 0.6 is 0 Å². The molecule has 0 bridgehead atoms. The Morgan fingerprint density at radius 2 is 2.00 bits per heavy atom. The van der Waals surface area contributed by atoms with Gasteiger partial charge in [0.15, 0.2) is 0 Å². The third kappa shape index (κ3) is 2.96. The normalized spacial score (nSPS) is 24.8. The molecule has 2 aliphatic carbocycles. The van der Waals surface area contributed by atoms with Crippen molar-refractivity contribution in [3.05, 3.63) is 0 Å². The summed E-state index contributed by atoms with van der Waals surface area (Å²) in [4.78, 5) is 2.68. The highest BCUT2D eigenvalue weighted by molar-refractivity contribution is 4.98. The van der Waals surface area contributed by atoms with Crippen LogP contribution in [0.15, 0.2) is 0 Å². The highest BCUT2D eigenvalue weighted by atomic mass is 16.5. The number of ether oxygens (including phenoxy) is 1. The Kier molecular flexibility index (Phi) is 3.88. The molecule has 0 saturated heterocycles. The van der Waals surface area contributed by atoms with E-state index < -0.39 is 0 Å². The van der Waals surface area contributed by atoms with Gasteiger partial charge in [-0.2, -0.15) is 0 Å². The van der Waals surface area contributed by atoms with Gasteiger partial charge in [-0.25, -0.2) is 0 Å². The van der Waals surface area contributed by atoms with Crippen LogP contribution in [0.1, 0.15) is 39.0 Å². The zero-order valence-electron chi connectivity index (χ0n) is 10.7. The second kappa shape index (κ2) is 5.03. The topological polar surface area (TPSA) is 38.5 Å². The molecule has 16 heavy (non-hydrogen) atoms. The lowest BCUT2D eigenvalue weighted by atomic mass is 9.95. The number of hydrogen-bond acceptors (Lipinski definition) is 3. The molecule has 0 heterocycles. The Bertz CT molecular complexity index is 226. The Labute approximate surface area is 99.3 Å². The maximum Gasteiger partial charge on any atom is 0.0480 e. The lowest BCUT2D eigenvalue weighted by molar-refractivity contribution is 0.0577. The fourth-order valence-corrected chi connectivity index (χ4v) is 2.46. The average Bonchev–Trinajstić information content (AvgIpc) is 3.15. The van der Waals surface area contributed by atoms with Crippen molar-refractivity contribution in [3.63, 3.8) is 0 Å². The molecule has 0 amide bonds. The molecule has 2 saturated carbocycles. The molecule has 2 fully saturated rings. The first-order chi connectivity index (χ1) is 7.69. The summed E-state index contributed by atoms with van der Waals surface area (Å²) < 4.78 is 5.23. The SMILES string of the molecule is COCCC(C)(CN)N(CC1CC1)C1CC1. The standard InChI is InChI=1S/C13H26N2O/c1-13(10-14,7-8-16-2)15(12-5-6-12)9-11-3-4-11/h11-12H,3-10,14H2,1-2H3. The van der Waals surface area contributed by atoms with Gasteiger partial charge in [0.05, 0.1) is 0 Å². The molecular formula is C13H26N2O. The van der Waals surface area contributed by atoms with E-state index in [0.29, 0.717) is 0 Å². The fourth-order valence-electron chi connectivity index (χ4n) is 2.46. The van der Waals surface area contributed by atoms with Crippen LogP contribution in [0.3, 0.4) is 0 Å². The zero-order chi connectivity index (χ0) is 11.6. The number of methoxy groups -OCH3 is 1. The van der Waals surface area contributed by atoms with Crippen molar-refractivity contribution in [1.29, 1.82) is 0 Å². The lowest BCUT2D eigenvalue weighted by Gasteiger charge is -2.41. The van der Waals surface area contributed by atoms with Crippen molar-refractivity contribution in [1.82, 2.24) is 4.90 Å². The Hall–Kier alpha value is -0.120. The van der Waals surface area contributed by atoms with Gasteiger partial charge in [0.1, 0.15) is 0 Å². The molecule has 1 atom stereocenters. The Morgan fingerprint density at radius 3 is 2.44 bits per heavy atom. The predicted octanol–water partition coefficient (Wildman–Crippen LogP) is 1.61. The van der Waals surface area contributed by atoms with Gasteiger partial charge >= 0.3 is 0 Å². The highest BCUT2D eigenvalue weighted by Crippen LogP contribution is 2.39. The summed E-state index contributed by atoms with van der Waals surface area (Å²) in [5, 5.41) is 0. The second-order valence-corrected chi connectivity index (χ2v) is 5.77. The molecule has 3 nitrogen and oxygen atoms in total. The fraction of sp³-hybridized carbons (Fsp3) is 1.00. The van der Waals surface area contributed by atoms with Gasteiger partial charge in [-0.05, 0) is 44.9 Å². The first-order valence-electron chi connectivity index (χ1n) is 6.65. The van der Waals surface area contributed by atoms with E-state index in [1.807, 2.05) is 0 Å². The van der Waals surface area contributed by atoms with Crippen LogP contribution in [0.2, 0.25) is 0 Å². The third-order valence-corrected chi connectivity index (χ3v) is 4.12. The van der Waals surface area contributed by atoms with Crippen molar-refractivity contribution in [2.24, 2.45) is 11.7 Å². The summed E-state index contributed by atoms with van der Waals surface area (Å²) in [7, 11) is 1.78. The first kappa shape index (κ1) is 12.3. The average molecular weight is 226 g/mol. The van der Waals surface area contributed by atoms with E-state index in [-0.39, 0.29) is 5.54 Å². The molecule has 94 valence electrons. The maximum atomic E-state index is 6.01. The molecule has 0 aliphatic heterocycles. The highest BCUT2D eigenvalue weighted by Gasteiger charge is 2.42. The summed E-state index contributed by atoms with van der Waals surface area (Å²) in [6, 6.07) is 0.811. The monoisotopic (exact) mass is 226 g/mol.